The first-order chi connectivity index (χ1) is 11.7. The molecule has 0 unspecified atom stereocenters. The fourth-order valence-corrected chi connectivity index (χ4v) is 3.69. The number of aryl methyl sites for hydroxylation is 1. The van der Waals surface area contributed by atoms with Gasteiger partial charge in [-0.05, 0) is 68.7 Å². The van der Waals surface area contributed by atoms with Crippen LogP contribution in [0.1, 0.15) is 50.2 Å². The Labute approximate surface area is 145 Å². The third kappa shape index (κ3) is 3.55. The highest BCUT2D eigenvalue weighted by atomic mass is 16.5. The van der Waals surface area contributed by atoms with Crippen molar-refractivity contribution in [3.8, 4) is 0 Å². The molecule has 0 spiro atoms. The Morgan fingerprint density at radius 2 is 1.88 bits per heavy atom. The smallest absolute Gasteiger partial charge is 0.334 e. The third-order valence-corrected chi connectivity index (χ3v) is 4.99. The quantitative estimate of drug-likeness (QED) is 0.765. The highest BCUT2D eigenvalue weighted by molar-refractivity contribution is 6.01. The third-order valence-electron chi connectivity index (χ3n) is 4.99. The highest BCUT2D eigenvalue weighted by Crippen LogP contribution is 2.35. The molecule has 24 heavy (non-hydrogen) atoms. The number of nitrogens with zero attached hydrogens (tertiary/aromatic N) is 1. The van der Waals surface area contributed by atoms with Gasteiger partial charge in [-0.25, -0.2) is 4.79 Å². The van der Waals surface area contributed by atoms with Crippen LogP contribution in [0, 0.1) is 6.92 Å². The molecule has 1 heterocycles. The van der Waals surface area contributed by atoms with Gasteiger partial charge in [-0.15, -0.1) is 0 Å². The molecule has 0 radical (unpaired) electrons. The van der Waals surface area contributed by atoms with E-state index in [1.165, 1.54) is 30.5 Å². The van der Waals surface area contributed by atoms with Crippen molar-refractivity contribution in [2.24, 2.45) is 0 Å². The van der Waals surface area contributed by atoms with Crippen LogP contribution in [0.25, 0.3) is 5.57 Å². The van der Waals surface area contributed by atoms with E-state index >= 15 is 0 Å². The number of hydrogen-bond donors (Lipinski definition) is 0. The van der Waals surface area contributed by atoms with Crippen molar-refractivity contribution in [2.75, 3.05) is 19.7 Å². The largest absolute Gasteiger partial charge is 0.463 e. The van der Waals surface area contributed by atoms with Crippen molar-refractivity contribution in [2.45, 2.75) is 46.0 Å². The number of carbonyl (C=O) groups is 1. The lowest BCUT2D eigenvalue weighted by molar-refractivity contribution is -0.138. The minimum atomic E-state index is -0.162. The van der Waals surface area contributed by atoms with Crippen molar-refractivity contribution < 1.29 is 9.53 Å². The highest BCUT2D eigenvalue weighted by Gasteiger charge is 2.25. The van der Waals surface area contributed by atoms with E-state index in [9.17, 15) is 4.79 Å². The first-order valence-electron chi connectivity index (χ1n) is 9.12. The number of esters is 1. The number of ether oxygens (including phenoxy) is 1. The molecule has 1 aliphatic heterocycles. The second kappa shape index (κ2) is 7.69. The standard InChI is InChI=1S/C21H27NO2/c1-3-24-21(23)19-12-11-17(22-13-7-4-8-14-22)15-20(19)18-10-6-5-9-16(18)2/h5-6,9-10,15H,3-4,7-8,11-14H2,1-2H3. The Morgan fingerprint density at radius 3 is 2.58 bits per heavy atom. The van der Waals surface area contributed by atoms with Crippen LogP contribution in [-0.2, 0) is 9.53 Å². The van der Waals surface area contributed by atoms with Gasteiger partial charge in [-0.1, -0.05) is 24.3 Å². The van der Waals surface area contributed by atoms with Gasteiger partial charge in [0.15, 0.2) is 0 Å². The molecule has 0 amide bonds. The summed E-state index contributed by atoms with van der Waals surface area (Å²) in [5.74, 6) is -0.162. The maximum atomic E-state index is 12.5. The van der Waals surface area contributed by atoms with E-state index in [1.807, 2.05) is 19.1 Å². The lowest BCUT2D eigenvalue weighted by Gasteiger charge is -2.33. The number of carbonyl (C=O) groups excluding carboxylic acids is 1. The summed E-state index contributed by atoms with van der Waals surface area (Å²) < 4.78 is 5.31. The number of likely N-dealkylation sites (tertiary alicyclic amines) is 1. The van der Waals surface area contributed by atoms with E-state index in [1.54, 1.807) is 0 Å². The van der Waals surface area contributed by atoms with E-state index in [0.717, 1.165) is 42.6 Å². The van der Waals surface area contributed by atoms with E-state index in [2.05, 4.69) is 30.0 Å². The molecule has 3 heteroatoms. The van der Waals surface area contributed by atoms with Crippen LogP contribution >= 0.6 is 0 Å². The molecular formula is C21H27NO2. The lowest BCUT2D eigenvalue weighted by atomic mass is 9.88. The Kier molecular flexibility index (Phi) is 5.39. The predicted molar refractivity (Wildman–Crippen MR) is 97.5 cm³/mol. The second-order valence-corrected chi connectivity index (χ2v) is 6.61. The first-order valence-corrected chi connectivity index (χ1v) is 9.12. The van der Waals surface area contributed by atoms with Gasteiger partial charge < -0.3 is 9.64 Å². The van der Waals surface area contributed by atoms with Gasteiger partial charge in [-0.3, -0.25) is 0 Å². The first kappa shape index (κ1) is 16.8. The summed E-state index contributed by atoms with van der Waals surface area (Å²) in [6.45, 7) is 6.67. The Balaban J connectivity index is 2.01. The normalized spacial score (nSPS) is 18.4. The van der Waals surface area contributed by atoms with Crippen LogP contribution in [0.5, 0.6) is 0 Å². The van der Waals surface area contributed by atoms with Gasteiger partial charge in [0.1, 0.15) is 0 Å². The summed E-state index contributed by atoms with van der Waals surface area (Å²) in [6, 6.07) is 8.30. The van der Waals surface area contributed by atoms with Crippen molar-refractivity contribution >= 4 is 11.5 Å². The molecule has 2 aliphatic rings. The van der Waals surface area contributed by atoms with Crippen molar-refractivity contribution in [1.82, 2.24) is 4.90 Å². The number of piperidine rings is 1. The molecular weight excluding hydrogens is 298 g/mol. The maximum absolute atomic E-state index is 12.5. The zero-order valence-corrected chi connectivity index (χ0v) is 14.8. The Hall–Kier alpha value is -2.03. The summed E-state index contributed by atoms with van der Waals surface area (Å²) in [4.78, 5) is 15.0. The van der Waals surface area contributed by atoms with Crippen molar-refractivity contribution in [3.05, 3.63) is 52.7 Å². The Morgan fingerprint density at radius 1 is 1.12 bits per heavy atom. The molecule has 3 nitrogen and oxygen atoms in total. The second-order valence-electron chi connectivity index (χ2n) is 6.61. The Bertz CT molecular complexity index is 666. The maximum Gasteiger partial charge on any atom is 0.334 e. The van der Waals surface area contributed by atoms with Crippen LogP contribution in [0.2, 0.25) is 0 Å². The molecule has 0 N–H and O–H groups in total. The lowest BCUT2D eigenvalue weighted by Crippen LogP contribution is -2.30. The van der Waals surface area contributed by atoms with Gasteiger partial charge in [0.25, 0.3) is 0 Å². The SMILES string of the molecule is CCOC(=O)C1=C(c2ccccc2C)C=C(N2CCCCC2)CC1. The fourth-order valence-electron chi connectivity index (χ4n) is 3.69. The molecule has 128 valence electrons. The monoisotopic (exact) mass is 325 g/mol. The molecule has 0 aromatic heterocycles. The van der Waals surface area contributed by atoms with Crippen LogP contribution in [-0.4, -0.2) is 30.6 Å². The van der Waals surface area contributed by atoms with E-state index in [4.69, 9.17) is 4.74 Å². The zero-order valence-electron chi connectivity index (χ0n) is 14.8. The van der Waals surface area contributed by atoms with Gasteiger partial charge in [-0.2, -0.15) is 0 Å². The van der Waals surface area contributed by atoms with E-state index < -0.39 is 0 Å². The molecule has 3 rings (SSSR count). The fraction of sp³-hybridized carbons (Fsp3) is 0.476. The van der Waals surface area contributed by atoms with Crippen molar-refractivity contribution in [3.63, 3.8) is 0 Å². The van der Waals surface area contributed by atoms with Gasteiger partial charge in [0, 0.05) is 24.4 Å². The number of allylic oxidation sites excluding steroid dienone is 3. The van der Waals surface area contributed by atoms with Crippen LogP contribution < -0.4 is 0 Å². The minimum absolute atomic E-state index is 0.162. The van der Waals surface area contributed by atoms with Crippen LogP contribution in [0.15, 0.2) is 41.6 Å². The minimum Gasteiger partial charge on any atom is -0.463 e. The molecule has 0 bridgehead atoms. The molecule has 1 saturated heterocycles. The van der Waals surface area contributed by atoms with Gasteiger partial charge >= 0.3 is 5.97 Å². The zero-order chi connectivity index (χ0) is 16.9. The van der Waals surface area contributed by atoms with Crippen molar-refractivity contribution in [1.29, 1.82) is 0 Å². The van der Waals surface area contributed by atoms with Gasteiger partial charge in [0.05, 0.1) is 6.61 Å². The summed E-state index contributed by atoms with van der Waals surface area (Å²) in [6.07, 6.45) is 7.81. The molecule has 0 saturated carbocycles. The molecule has 1 aromatic carbocycles. The topological polar surface area (TPSA) is 29.5 Å². The summed E-state index contributed by atoms with van der Waals surface area (Å²) in [5.41, 5.74) is 5.60. The van der Waals surface area contributed by atoms with E-state index in [0.29, 0.717) is 6.61 Å². The average Bonchev–Trinajstić information content (AvgIpc) is 2.62. The summed E-state index contributed by atoms with van der Waals surface area (Å²) in [7, 11) is 0. The molecule has 1 fully saturated rings. The van der Waals surface area contributed by atoms with Gasteiger partial charge in [0.2, 0.25) is 0 Å². The van der Waals surface area contributed by atoms with E-state index in [-0.39, 0.29) is 5.97 Å². The summed E-state index contributed by atoms with van der Waals surface area (Å²) in [5, 5.41) is 0. The van der Waals surface area contributed by atoms with Crippen LogP contribution in [0.4, 0.5) is 0 Å². The van der Waals surface area contributed by atoms with Crippen LogP contribution in [0.3, 0.4) is 0 Å². The number of benzene rings is 1. The molecule has 1 aromatic rings. The molecule has 1 aliphatic carbocycles. The predicted octanol–water partition coefficient (Wildman–Crippen LogP) is 4.48. The number of rotatable bonds is 4. The molecule has 0 atom stereocenters. The summed E-state index contributed by atoms with van der Waals surface area (Å²) >= 11 is 0. The average molecular weight is 325 g/mol. The number of hydrogen-bond acceptors (Lipinski definition) is 3.